The van der Waals surface area contributed by atoms with Gasteiger partial charge in [0.2, 0.25) is 0 Å². The molecule has 1 N–H and O–H groups in total. The molecule has 24 heteroatoms. The van der Waals surface area contributed by atoms with Gasteiger partial charge in [-0.25, -0.2) is 6.29 Å². The topological polar surface area (TPSA) is 242 Å². The van der Waals surface area contributed by atoms with Crippen LogP contribution in [0, 0.1) is 56.7 Å². The van der Waals surface area contributed by atoms with Gasteiger partial charge in [-0.3, -0.25) is 45.9 Å². The molecule has 0 aliphatic heterocycles. The van der Waals surface area contributed by atoms with Crippen LogP contribution in [0.2, 0.25) is 0 Å². The summed E-state index contributed by atoms with van der Waals surface area (Å²) >= 11 is 0. The van der Waals surface area contributed by atoms with Crippen LogP contribution in [-0.4, -0.2) is 147 Å². The molecule has 0 saturated heterocycles. The number of hydrogen-bond acceptors (Lipinski definition) is 17. The van der Waals surface area contributed by atoms with Crippen LogP contribution < -0.4 is 5.32 Å². The summed E-state index contributed by atoms with van der Waals surface area (Å²) in [5, 5.41) is 3.11. The third kappa shape index (κ3) is 113. The standard InChI is InChI=1S/C12H24NO.C12H23O.C11H20NO4.C11H19O2.C10H17O2.C9H16NO2.C9H15O2.7Y/c1-12(2,3)9-11(10-14)7-5-6-8-13-4;1-5-6-7-8-11(10-13)9-12(2,3)4;1-10(14)16-8-6-12(11(2,3)4)5-7-15-9-13;1-9(13)5-6-10(8-12)7-11(2,3)4;1-8(12)5-9(7-11)6-10(2,3)4;1-8(12)7-10(5-6-11)9(2,3)4;1-7(11)8(6-10)5-9(2,3)4;;;;;;;/h11,13H,5-9H2,1-4H3;11H,5-9H2,1-4H3;5-8H2,1-4H3;10H,5-7H2,1-4H3;9H,5-6H2,1-4H3;5,7H2,1-4H3;8H,5H2,1-4H3;;;;;;;/q7*-1;;;;;;;. The molecule has 0 amide bonds. The minimum atomic E-state index is -0.532. The normalized spacial score (nSPS) is 12.3. The average Bonchev–Trinajstić information content (AvgIpc) is 3.37. The van der Waals surface area contributed by atoms with Gasteiger partial charge in [0.25, 0.3) is 0 Å². The number of ether oxygens (including phenoxy) is 2. The molecule has 0 aromatic rings. The van der Waals surface area contributed by atoms with Crippen LogP contribution in [-0.2, 0) is 296 Å². The molecule has 0 bridgehead atoms. The molecule has 0 fully saturated rings. The fourth-order valence-electron chi connectivity index (χ4n) is 8.82. The van der Waals surface area contributed by atoms with E-state index in [-0.39, 0.29) is 326 Å². The number of carbonyl (C=O) groups excluding carboxylic acids is 12. The molecule has 98 heavy (non-hydrogen) atoms. The van der Waals surface area contributed by atoms with Crippen molar-refractivity contribution in [3.8, 4) is 0 Å². The number of hydrogen-bond donors (Lipinski definition) is 1. The van der Waals surface area contributed by atoms with Crippen LogP contribution >= 0.6 is 0 Å². The number of ketones is 4. The first kappa shape index (κ1) is 134. The molecule has 0 saturated carbocycles. The first-order valence-corrected chi connectivity index (χ1v) is 32.8. The monoisotopic (exact) mass is 1910 g/mol. The van der Waals surface area contributed by atoms with Gasteiger partial charge < -0.3 is 67.6 Å². The zero-order chi connectivity index (χ0) is 73.1. The van der Waals surface area contributed by atoms with Crippen molar-refractivity contribution in [2.24, 2.45) is 56.7 Å². The van der Waals surface area contributed by atoms with E-state index in [0.29, 0.717) is 58.5 Å². The van der Waals surface area contributed by atoms with Crippen molar-refractivity contribution in [3.05, 3.63) is 0 Å². The molecule has 5 unspecified atom stereocenters. The predicted octanol–water partition coefficient (Wildman–Crippen LogP) is 14.2. The van der Waals surface area contributed by atoms with Crippen LogP contribution in [0.25, 0.3) is 0 Å². The molecule has 0 rings (SSSR count). The minimum absolute atomic E-state index is 0. The summed E-state index contributed by atoms with van der Waals surface area (Å²) in [4.78, 5) is 130. The number of nitrogens with one attached hydrogen (secondary N) is 1. The Bertz CT molecular complexity index is 1990. The summed E-state index contributed by atoms with van der Waals surface area (Å²) in [6, 6.07) is 0. The maximum atomic E-state index is 10.8. The third-order valence-electron chi connectivity index (χ3n) is 13.1. The van der Waals surface area contributed by atoms with E-state index in [4.69, 9.17) is 4.74 Å². The zero-order valence-corrected chi connectivity index (χ0v) is 87.0. The number of nitrogens with zero attached hydrogens (tertiary/aromatic N) is 2. The van der Waals surface area contributed by atoms with E-state index in [0.717, 1.165) is 57.9 Å². The Morgan fingerprint density at radius 2 is 0.786 bits per heavy atom. The second-order valence-electron chi connectivity index (χ2n) is 31.9. The Labute approximate surface area is 776 Å². The minimum Gasteiger partial charge on any atom is -0.652 e. The van der Waals surface area contributed by atoms with Crippen molar-refractivity contribution in [1.29, 1.82) is 0 Å². The van der Waals surface area contributed by atoms with Crippen molar-refractivity contribution in [2.75, 3.05) is 53.0 Å². The zero-order valence-electron chi connectivity index (χ0n) is 67.1. The maximum Gasteiger partial charge on any atom is 0.302 e. The van der Waals surface area contributed by atoms with Gasteiger partial charge in [-0.05, 0) is 123 Å². The van der Waals surface area contributed by atoms with E-state index in [9.17, 15) is 57.5 Å². The fraction of sp³-hybridized carbons (Fsp3) is 0.838. The smallest absolute Gasteiger partial charge is 0.302 e. The summed E-state index contributed by atoms with van der Waals surface area (Å²) in [5.74, 6) is -0.636. The molecule has 0 spiro atoms. The molecule has 17 nitrogen and oxygen atoms in total. The van der Waals surface area contributed by atoms with Crippen molar-refractivity contribution in [2.45, 2.75) is 294 Å². The molecule has 0 heterocycles. The van der Waals surface area contributed by atoms with Gasteiger partial charge in [-0.15, -0.1) is 23.7 Å². The van der Waals surface area contributed by atoms with E-state index >= 15 is 0 Å². The van der Waals surface area contributed by atoms with Gasteiger partial charge in [0.05, 0.1) is 13.2 Å². The molecule has 0 aliphatic carbocycles. The largest absolute Gasteiger partial charge is 0.652 e. The second-order valence-corrected chi connectivity index (χ2v) is 31.9. The first-order chi connectivity index (χ1) is 41.3. The summed E-state index contributed by atoms with van der Waals surface area (Å²) in [7, 11) is 1.96. The van der Waals surface area contributed by atoms with Gasteiger partial charge in [0, 0.05) is 266 Å². The van der Waals surface area contributed by atoms with Crippen LogP contribution in [0.5, 0.6) is 0 Å². The van der Waals surface area contributed by atoms with Crippen molar-refractivity contribution < 1.29 is 296 Å². The molecule has 557 valence electrons. The Morgan fingerprint density at radius 1 is 0.429 bits per heavy atom. The van der Waals surface area contributed by atoms with Crippen LogP contribution in [0.15, 0.2) is 0 Å². The number of carbonyl (C=O) groups is 5. The summed E-state index contributed by atoms with van der Waals surface area (Å²) in [6.45, 7) is 57.9. The van der Waals surface area contributed by atoms with Gasteiger partial charge in [-0.1, -0.05) is 207 Å². The van der Waals surface area contributed by atoms with Crippen LogP contribution in [0.1, 0.15) is 283 Å². The van der Waals surface area contributed by atoms with E-state index in [1.807, 2.05) is 81.9 Å². The number of esters is 1. The number of rotatable bonds is 36. The Balaban J connectivity index is -0.0000000694. The Kier molecular flexibility index (Phi) is 105. The van der Waals surface area contributed by atoms with Crippen molar-refractivity contribution >= 4 is 73.3 Å². The van der Waals surface area contributed by atoms with Crippen molar-refractivity contribution in [3.63, 3.8) is 0 Å². The molecule has 0 aromatic heterocycles. The summed E-state index contributed by atoms with van der Waals surface area (Å²) in [5.41, 5.74) is 0.541. The van der Waals surface area contributed by atoms with Crippen LogP contribution in [0.4, 0.5) is 0 Å². The van der Waals surface area contributed by atoms with Gasteiger partial charge in [0.1, 0.15) is 29.7 Å². The molecule has 5 atom stereocenters. The quantitative estimate of drug-likeness (QED) is 0.0265. The number of Topliss-reactive ketones (excluding diaryl/α,β-unsaturated/α-hetero) is 4. The molecular formula is C74H134N3O14Y7-7. The SMILES string of the molecule is CC(=O)C([C-]=O)CC(C)(C)C.CC(=O)CC([C-]=O)CC(C)(C)C.CC(=O)CCC([C-]=O)CC(C)(C)C.CC(=O)CN(C[C-]=O)C(C)(C)C.CC(=O)OCCN(CCO[C-]=O)C(C)(C)C.CCCCCC([C-]=O)CC(C)(C)C.CNCCCCC([C-]=O)CC(C)(C)C.[Y].[Y].[Y].[Y].[Y].[Y].[Y]. The van der Waals surface area contributed by atoms with Gasteiger partial charge in [0.15, 0.2) is 0 Å². The number of unbranched alkanes of at least 4 members (excludes halogenated alkanes) is 3. The molecule has 0 aromatic carbocycles. The predicted molar refractivity (Wildman–Crippen MR) is 371 cm³/mol. The fourth-order valence-corrected chi connectivity index (χ4v) is 8.82. The van der Waals surface area contributed by atoms with Crippen molar-refractivity contribution in [1.82, 2.24) is 15.1 Å². The molecular weight excluding hydrogens is 1780 g/mol. The van der Waals surface area contributed by atoms with E-state index in [1.54, 1.807) is 24.4 Å². The Morgan fingerprint density at radius 3 is 1.04 bits per heavy atom. The summed E-state index contributed by atoms with van der Waals surface area (Å²) in [6.07, 6.45) is 25.3. The molecule has 0 aliphatic rings. The van der Waals surface area contributed by atoms with E-state index in [1.165, 1.54) is 53.4 Å². The third-order valence-corrected chi connectivity index (χ3v) is 13.1. The average molecular weight is 1910 g/mol. The Hall–Kier alpha value is 3.25. The van der Waals surface area contributed by atoms with Crippen LogP contribution in [0.3, 0.4) is 0 Å². The summed E-state index contributed by atoms with van der Waals surface area (Å²) < 4.78 is 9.41. The maximum absolute atomic E-state index is 10.8. The van der Waals surface area contributed by atoms with Gasteiger partial charge in [-0.2, -0.15) is 0 Å². The molecule has 7 radical (unpaired) electrons. The second kappa shape index (κ2) is 77.0. The van der Waals surface area contributed by atoms with Gasteiger partial charge >= 0.3 is 5.97 Å². The first-order valence-electron chi connectivity index (χ1n) is 32.8. The van der Waals surface area contributed by atoms with E-state index in [2.05, 4.69) is 118 Å². The van der Waals surface area contributed by atoms with E-state index < -0.39 is 5.92 Å².